The average molecular weight is 351 g/mol. The molecule has 5 nitrogen and oxygen atoms in total. The molecule has 1 heterocycles. The highest BCUT2D eigenvalue weighted by atomic mass is 79.9. The third kappa shape index (κ3) is 3.83. The van der Waals surface area contributed by atoms with Gasteiger partial charge in [0, 0.05) is 19.1 Å². The molecule has 21 heavy (non-hydrogen) atoms. The summed E-state index contributed by atoms with van der Waals surface area (Å²) in [6.45, 7) is 4.17. The van der Waals surface area contributed by atoms with Gasteiger partial charge in [0.2, 0.25) is 0 Å². The molecule has 1 N–H and O–H groups in total. The molecular weight excluding hydrogens is 332 g/mol. The van der Waals surface area contributed by atoms with Crippen molar-refractivity contribution in [3.8, 4) is 5.75 Å². The van der Waals surface area contributed by atoms with Crippen LogP contribution in [0.3, 0.4) is 0 Å². The van der Waals surface area contributed by atoms with Gasteiger partial charge in [0.1, 0.15) is 18.7 Å². The molecule has 1 aromatic carbocycles. The third-order valence-corrected chi connectivity index (χ3v) is 4.14. The first-order valence-electron chi connectivity index (χ1n) is 7.27. The predicted octanol–water partition coefficient (Wildman–Crippen LogP) is 2.89. The lowest BCUT2D eigenvalue weighted by Crippen LogP contribution is -2.15. The highest BCUT2D eigenvalue weighted by Gasteiger charge is 2.20. The summed E-state index contributed by atoms with van der Waals surface area (Å²) in [7, 11) is 0. The van der Waals surface area contributed by atoms with Crippen molar-refractivity contribution in [1.29, 1.82) is 0 Å². The van der Waals surface area contributed by atoms with E-state index in [0.29, 0.717) is 6.61 Å². The summed E-state index contributed by atoms with van der Waals surface area (Å²) in [4.78, 5) is 4.21. The van der Waals surface area contributed by atoms with Crippen molar-refractivity contribution in [1.82, 2.24) is 20.1 Å². The van der Waals surface area contributed by atoms with Crippen molar-refractivity contribution in [2.24, 2.45) is 0 Å². The Kier molecular flexibility index (Phi) is 4.55. The second-order valence-electron chi connectivity index (χ2n) is 5.20. The van der Waals surface area contributed by atoms with Crippen LogP contribution in [0.2, 0.25) is 0 Å². The zero-order valence-electron chi connectivity index (χ0n) is 12.1. The summed E-state index contributed by atoms with van der Waals surface area (Å²) < 4.78 is 8.63. The fraction of sp³-hybridized carbons (Fsp3) is 0.467. The van der Waals surface area contributed by atoms with E-state index < -0.39 is 0 Å². The lowest BCUT2D eigenvalue weighted by atomic mass is 10.2. The van der Waals surface area contributed by atoms with Gasteiger partial charge < -0.3 is 10.1 Å². The van der Waals surface area contributed by atoms with E-state index in [-0.39, 0.29) is 0 Å². The smallest absolute Gasteiger partial charge is 0.164 e. The molecule has 0 atom stereocenters. The number of hydrogen-bond acceptors (Lipinski definition) is 4. The first kappa shape index (κ1) is 14.5. The van der Waals surface area contributed by atoms with Crippen LogP contribution in [0.5, 0.6) is 5.75 Å². The van der Waals surface area contributed by atoms with Crippen LogP contribution in [0.25, 0.3) is 0 Å². The summed E-state index contributed by atoms with van der Waals surface area (Å²) in [6, 6.07) is 6.93. The molecule has 0 bridgehead atoms. The molecule has 2 aromatic rings. The van der Waals surface area contributed by atoms with Crippen molar-refractivity contribution in [3.05, 3.63) is 40.4 Å². The first-order chi connectivity index (χ1) is 10.3. The Morgan fingerprint density at radius 2 is 2.29 bits per heavy atom. The Balaban J connectivity index is 1.59. The summed E-state index contributed by atoms with van der Waals surface area (Å²) in [5.41, 5.74) is 1.26. The van der Waals surface area contributed by atoms with Crippen LogP contribution in [-0.4, -0.2) is 20.8 Å². The topological polar surface area (TPSA) is 52.0 Å². The molecule has 1 aliphatic carbocycles. The minimum atomic E-state index is 0.423. The minimum absolute atomic E-state index is 0.423. The summed E-state index contributed by atoms with van der Waals surface area (Å²) in [6.07, 6.45) is 4.17. The van der Waals surface area contributed by atoms with Crippen molar-refractivity contribution in [2.45, 2.75) is 45.5 Å². The standard InChI is InChI=1S/C15H19BrN4O/c1-2-20-15(18-10-19-20)9-21-14-6-3-11(7-13(14)16)8-17-12-4-5-12/h3,6-7,10,12,17H,2,4-5,8-9H2,1H3. The van der Waals surface area contributed by atoms with Gasteiger partial charge in [-0.05, 0) is 53.4 Å². The molecule has 0 radical (unpaired) electrons. The number of hydrogen-bond donors (Lipinski definition) is 1. The normalized spacial score (nSPS) is 14.4. The zero-order valence-corrected chi connectivity index (χ0v) is 13.6. The molecular formula is C15H19BrN4O. The molecule has 0 amide bonds. The minimum Gasteiger partial charge on any atom is -0.484 e. The van der Waals surface area contributed by atoms with Gasteiger partial charge in [0.15, 0.2) is 5.82 Å². The first-order valence-corrected chi connectivity index (χ1v) is 8.07. The maximum Gasteiger partial charge on any atom is 0.164 e. The summed E-state index contributed by atoms with van der Waals surface area (Å²) in [5.74, 6) is 1.67. The molecule has 0 saturated heterocycles. The van der Waals surface area contributed by atoms with Crippen molar-refractivity contribution in [2.75, 3.05) is 0 Å². The molecule has 1 saturated carbocycles. The highest BCUT2D eigenvalue weighted by Crippen LogP contribution is 2.27. The molecule has 1 aromatic heterocycles. The third-order valence-electron chi connectivity index (χ3n) is 3.52. The maximum absolute atomic E-state index is 5.83. The van der Waals surface area contributed by atoms with Crippen LogP contribution in [-0.2, 0) is 19.7 Å². The molecule has 1 aliphatic rings. The number of nitrogens with one attached hydrogen (secondary N) is 1. The van der Waals surface area contributed by atoms with E-state index in [1.54, 1.807) is 6.33 Å². The van der Waals surface area contributed by atoms with Crippen molar-refractivity contribution < 1.29 is 4.74 Å². The van der Waals surface area contributed by atoms with Crippen LogP contribution in [0.4, 0.5) is 0 Å². The molecule has 1 fully saturated rings. The van der Waals surface area contributed by atoms with Crippen LogP contribution in [0.15, 0.2) is 29.0 Å². The lowest BCUT2D eigenvalue weighted by Gasteiger charge is -2.10. The SMILES string of the molecule is CCn1ncnc1COc1ccc(CNC2CC2)cc1Br. The molecule has 6 heteroatoms. The largest absolute Gasteiger partial charge is 0.484 e. The van der Waals surface area contributed by atoms with Gasteiger partial charge in [0.25, 0.3) is 0 Å². The van der Waals surface area contributed by atoms with Crippen LogP contribution >= 0.6 is 15.9 Å². The Labute approximate surface area is 132 Å². The second-order valence-corrected chi connectivity index (χ2v) is 6.05. The Morgan fingerprint density at radius 1 is 1.43 bits per heavy atom. The number of aromatic nitrogens is 3. The van der Waals surface area contributed by atoms with E-state index in [2.05, 4.69) is 43.5 Å². The average Bonchev–Trinajstić information content (AvgIpc) is 3.21. The van der Waals surface area contributed by atoms with Gasteiger partial charge in [-0.25, -0.2) is 9.67 Å². The van der Waals surface area contributed by atoms with E-state index in [1.807, 2.05) is 17.7 Å². The van der Waals surface area contributed by atoms with Crippen molar-refractivity contribution in [3.63, 3.8) is 0 Å². The van der Waals surface area contributed by atoms with Crippen LogP contribution < -0.4 is 10.1 Å². The molecule has 0 unspecified atom stereocenters. The lowest BCUT2D eigenvalue weighted by molar-refractivity contribution is 0.285. The molecule has 112 valence electrons. The Bertz CT molecular complexity index is 609. The summed E-state index contributed by atoms with van der Waals surface area (Å²) >= 11 is 3.57. The number of halogens is 1. The number of aryl methyl sites for hydroxylation is 1. The number of nitrogens with zero attached hydrogens (tertiary/aromatic N) is 3. The molecule has 3 rings (SSSR count). The Hall–Kier alpha value is -1.40. The zero-order chi connectivity index (χ0) is 14.7. The van der Waals surface area contributed by atoms with Gasteiger partial charge >= 0.3 is 0 Å². The van der Waals surface area contributed by atoms with Gasteiger partial charge in [0.05, 0.1) is 4.47 Å². The second kappa shape index (κ2) is 6.58. The summed E-state index contributed by atoms with van der Waals surface area (Å²) in [5, 5.41) is 7.64. The number of ether oxygens (including phenoxy) is 1. The molecule has 0 spiro atoms. The number of benzene rings is 1. The van der Waals surface area contributed by atoms with Gasteiger partial charge in [-0.15, -0.1) is 0 Å². The monoisotopic (exact) mass is 350 g/mol. The predicted molar refractivity (Wildman–Crippen MR) is 84.0 cm³/mol. The van der Waals surface area contributed by atoms with E-state index in [0.717, 1.165) is 35.2 Å². The number of rotatable bonds is 7. The van der Waals surface area contributed by atoms with Gasteiger partial charge in [-0.3, -0.25) is 0 Å². The fourth-order valence-electron chi connectivity index (χ4n) is 2.13. The fourth-order valence-corrected chi connectivity index (χ4v) is 2.67. The molecule has 0 aliphatic heterocycles. The maximum atomic E-state index is 5.83. The van der Waals surface area contributed by atoms with Gasteiger partial charge in [-0.1, -0.05) is 6.07 Å². The Morgan fingerprint density at radius 3 is 3.00 bits per heavy atom. The van der Waals surface area contributed by atoms with Crippen molar-refractivity contribution >= 4 is 15.9 Å². The quantitative estimate of drug-likeness (QED) is 0.834. The van der Waals surface area contributed by atoms with Crippen LogP contribution in [0.1, 0.15) is 31.2 Å². The van der Waals surface area contributed by atoms with E-state index >= 15 is 0 Å². The van der Waals surface area contributed by atoms with Gasteiger partial charge in [-0.2, -0.15) is 5.10 Å². The van der Waals surface area contributed by atoms with E-state index in [9.17, 15) is 0 Å². The van der Waals surface area contributed by atoms with E-state index in [4.69, 9.17) is 4.74 Å². The van der Waals surface area contributed by atoms with Crippen LogP contribution in [0, 0.1) is 0 Å². The highest BCUT2D eigenvalue weighted by molar-refractivity contribution is 9.10. The van der Waals surface area contributed by atoms with E-state index in [1.165, 1.54) is 18.4 Å².